The quantitative estimate of drug-likeness (QED) is 0.739. The molecule has 0 amide bonds. The lowest BCUT2D eigenvalue weighted by molar-refractivity contribution is -0.0839. The highest BCUT2D eigenvalue weighted by atomic mass is 19.3. The minimum Gasteiger partial charge on any atom is -0.298 e. The predicted octanol–water partition coefficient (Wildman–Crippen LogP) is 1.81. The number of nitrogens with two attached hydrogens (primary N) is 1. The summed E-state index contributed by atoms with van der Waals surface area (Å²) in [6.45, 7) is -0.962. The van der Waals surface area contributed by atoms with E-state index in [9.17, 15) is 13.2 Å². The molecule has 0 radical (unpaired) electrons. The van der Waals surface area contributed by atoms with Gasteiger partial charge in [0.1, 0.15) is 12.4 Å². The van der Waals surface area contributed by atoms with Crippen molar-refractivity contribution >= 4 is 0 Å². The molecule has 2 N–H and O–H groups in total. The molecule has 0 saturated heterocycles. The summed E-state index contributed by atoms with van der Waals surface area (Å²) in [6, 6.07) is 4.15. The Labute approximate surface area is 73.1 Å². The van der Waals surface area contributed by atoms with Crippen molar-refractivity contribution in [1.82, 2.24) is 0 Å². The van der Waals surface area contributed by atoms with Crippen molar-refractivity contribution in [3.05, 3.63) is 35.6 Å². The Morgan fingerprint density at radius 3 is 2.62 bits per heavy atom. The van der Waals surface area contributed by atoms with Gasteiger partial charge in [-0.25, -0.2) is 10.3 Å². The van der Waals surface area contributed by atoms with Crippen molar-refractivity contribution in [3.8, 4) is 0 Å². The summed E-state index contributed by atoms with van der Waals surface area (Å²) in [5, 5.41) is 0. The monoisotopic (exact) mass is 191 g/mol. The standard InChI is InChI=1S/C8H8F3NO/c9-7-3-1-2-6(4-7)8(10,11)5-13-12/h1-4H,5,12H2. The fraction of sp³-hybridized carbons (Fsp3) is 0.250. The number of benzene rings is 1. The Kier molecular flexibility index (Phi) is 2.90. The Hall–Kier alpha value is -1.07. The summed E-state index contributed by atoms with van der Waals surface area (Å²) in [5.74, 6) is 0.549. The second-order valence-corrected chi connectivity index (χ2v) is 2.53. The van der Waals surface area contributed by atoms with Gasteiger partial charge in [0, 0.05) is 5.56 Å². The van der Waals surface area contributed by atoms with Crippen LogP contribution in [0.1, 0.15) is 5.56 Å². The molecule has 72 valence electrons. The van der Waals surface area contributed by atoms with Gasteiger partial charge < -0.3 is 0 Å². The van der Waals surface area contributed by atoms with E-state index in [-0.39, 0.29) is 0 Å². The SMILES string of the molecule is NOCC(F)(F)c1cccc(F)c1. The van der Waals surface area contributed by atoms with Crippen molar-refractivity contribution < 1.29 is 18.0 Å². The number of hydrogen-bond donors (Lipinski definition) is 1. The minimum absolute atomic E-state index is 0.446. The van der Waals surface area contributed by atoms with E-state index in [1.54, 1.807) is 0 Å². The highest BCUT2D eigenvalue weighted by molar-refractivity contribution is 5.21. The molecule has 0 aliphatic heterocycles. The summed E-state index contributed by atoms with van der Waals surface area (Å²) >= 11 is 0. The predicted molar refractivity (Wildman–Crippen MR) is 40.4 cm³/mol. The molecule has 0 aliphatic rings. The molecule has 0 atom stereocenters. The van der Waals surface area contributed by atoms with Crippen LogP contribution in [0.2, 0.25) is 0 Å². The largest absolute Gasteiger partial charge is 0.298 e. The lowest BCUT2D eigenvalue weighted by atomic mass is 10.1. The van der Waals surface area contributed by atoms with Crippen molar-refractivity contribution in [3.63, 3.8) is 0 Å². The van der Waals surface area contributed by atoms with Crippen LogP contribution in [0.3, 0.4) is 0 Å². The highest BCUT2D eigenvalue weighted by Gasteiger charge is 2.31. The first-order valence-corrected chi connectivity index (χ1v) is 3.52. The molecule has 0 spiro atoms. The number of hydrogen-bond acceptors (Lipinski definition) is 2. The molecule has 0 fully saturated rings. The van der Waals surface area contributed by atoms with Crippen molar-refractivity contribution in [2.24, 2.45) is 5.90 Å². The van der Waals surface area contributed by atoms with Gasteiger partial charge in [-0.3, -0.25) is 4.84 Å². The molecular formula is C8H8F3NO. The first-order valence-electron chi connectivity index (χ1n) is 3.52. The van der Waals surface area contributed by atoms with Crippen LogP contribution in [0, 0.1) is 5.82 Å². The third-order valence-electron chi connectivity index (χ3n) is 1.51. The van der Waals surface area contributed by atoms with Gasteiger partial charge in [-0.1, -0.05) is 12.1 Å². The molecule has 1 rings (SSSR count). The molecule has 1 aromatic rings. The van der Waals surface area contributed by atoms with E-state index >= 15 is 0 Å². The molecule has 0 aromatic heterocycles. The number of halogens is 3. The molecule has 5 heteroatoms. The van der Waals surface area contributed by atoms with E-state index in [0.717, 1.165) is 18.2 Å². The van der Waals surface area contributed by atoms with Crippen LogP contribution in [-0.2, 0) is 10.8 Å². The van der Waals surface area contributed by atoms with Crippen LogP contribution >= 0.6 is 0 Å². The Bertz CT molecular complexity index is 290. The summed E-state index contributed by atoms with van der Waals surface area (Å²) < 4.78 is 38.5. The van der Waals surface area contributed by atoms with E-state index in [1.165, 1.54) is 6.07 Å². The van der Waals surface area contributed by atoms with Gasteiger partial charge in [-0.05, 0) is 12.1 Å². The van der Waals surface area contributed by atoms with E-state index in [0.29, 0.717) is 0 Å². The number of alkyl halides is 2. The fourth-order valence-corrected chi connectivity index (χ4v) is 0.904. The zero-order valence-corrected chi connectivity index (χ0v) is 6.64. The van der Waals surface area contributed by atoms with E-state index in [2.05, 4.69) is 10.7 Å². The maximum absolute atomic E-state index is 13.0. The van der Waals surface area contributed by atoms with Crippen LogP contribution < -0.4 is 5.90 Å². The second-order valence-electron chi connectivity index (χ2n) is 2.53. The third kappa shape index (κ3) is 2.43. The maximum atomic E-state index is 13.0. The second kappa shape index (κ2) is 3.76. The highest BCUT2D eigenvalue weighted by Crippen LogP contribution is 2.27. The van der Waals surface area contributed by atoms with Gasteiger partial charge in [0.15, 0.2) is 0 Å². The maximum Gasteiger partial charge on any atom is 0.298 e. The lowest BCUT2D eigenvalue weighted by Crippen LogP contribution is -2.23. The van der Waals surface area contributed by atoms with Crippen LogP contribution in [0.5, 0.6) is 0 Å². The average Bonchev–Trinajstić information content (AvgIpc) is 2.04. The molecule has 1 aromatic carbocycles. The summed E-state index contributed by atoms with van der Waals surface area (Å²) in [4.78, 5) is 3.83. The number of rotatable bonds is 3. The zero-order valence-electron chi connectivity index (χ0n) is 6.64. The molecule has 0 heterocycles. The fourth-order valence-electron chi connectivity index (χ4n) is 0.904. The average molecular weight is 191 g/mol. The van der Waals surface area contributed by atoms with Crippen LogP contribution in [-0.4, -0.2) is 6.61 Å². The molecular weight excluding hydrogens is 183 g/mol. The third-order valence-corrected chi connectivity index (χ3v) is 1.51. The van der Waals surface area contributed by atoms with E-state index in [1.807, 2.05) is 0 Å². The Balaban J connectivity index is 2.93. The smallest absolute Gasteiger partial charge is 0.298 e. The first kappa shape index (κ1) is 10.0. The van der Waals surface area contributed by atoms with Crippen LogP contribution in [0.25, 0.3) is 0 Å². The molecule has 0 bridgehead atoms. The van der Waals surface area contributed by atoms with Crippen LogP contribution in [0.4, 0.5) is 13.2 Å². The van der Waals surface area contributed by atoms with Gasteiger partial charge >= 0.3 is 0 Å². The van der Waals surface area contributed by atoms with Crippen molar-refractivity contribution in [2.75, 3.05) is 6.61 Å². The zero-order chi connectivity index (χ0) is 9.90. The Morgan fingerprint density at radius 1 is 1.38 bits per heavy atom. The molecule has 0 saturated carbocycles. The topological polar surface area (TPSA) is 35.2 Å². The van der Waals surface area contributed by atoms with Crippen molar-refractivity contribution in [1.29, 1.82) is 0 Å². The van der Waals surface area contributed by atoms with Gasteiger partial charge in [0.25, 0.3) is 5.92 Å². The van der Waals surface area contributed by atoms with Gasteiger partial charge in [0.2, 0.25) is 0 Å². The summed E-state index contributed by atoms with van der Waals surface area (Å²) in [7, 11) is 0. The van der Waals surface area contributed by atoms with Crippen molar-refractivity contribution in [2.45, 2.75) is 5.92 Å². The Morgan fingerprint density at radius 2 is 2.08 bits per heavy atom. The summed E-state index contributed by atoms with van der Waals surface area (Å²) in [5.41, 5.74) is -0.446. The molecule has 0 unspecified atom stereocenters. The normalized spacial score (nSPS) is 11.7. The molecule has 2 nitrogen and oxygen atoms in total. The minimum atomic E-state index is -3.25. The van der Waals surface area contributed by atoms with Gasteiger partial charge in [0.05, 0.1) is 0 Å². The molecule has 13 heavy (non-hydrogen) atoms. The lowest BCUT2D eigenvalue weighted by Gasteiger charge is -2.14. The molecule has 0 aliphatic carbocycles. The van der Waals surface area contributed by atoms with Crippen LogP contribution in [0.15, 0.2) is 24.3 Å². The summed E-state index contributed by atoms with van der Waals surface area (Å²) in [6.07, 6.45) is 0. The van der Waals surface area contributed by atoms with E-state index in [4.69, 9.17) is 0 Å². The van der Waals surface area contributed by atoms with Gasteiger partial charge in [-0.2, -0.15) is 8.78 Å². The first-order chi connectivity index (χ1) is 6.06. The van der Waals surface area contributed by atoms with E-state index < -0.39 is 23.9 Å². The van der Waals surface area contributed by atoms with Gasteiger partial charge in [-0.15, -0.1) is 0 Å².